The van der Waals surface area contributed by atoms with E-state index < -0.39 is 0 Å². The highest BCUT2D eigenvalue weighted by Crippen LogP contribution is 2.40. The maximum Gasteiger partial charge on any atom is 0.138 e. The number of pyridine rings is 1. The summed E-state index contributed by atoms with van der Waals surface area (Å²) in [4.78, 5) is 5.26. The lowest BCUT2D eigenvalue weighted by Crippen LogP contribution is -2.03. The molecule has 0 aliphatic carbocycles. The van der Waals surface area contributed by atoms with Gasteiger partial charge in [-0.3, -0.25) is 4.57 Å². The molecule has 0 spiro atoms. The normalized spacial score (nSPS) is 11.2. The molecule has 0 bridgehead atoms. The molecule has 10 rings (SSSR count). The molecule has 6 nitrogen and oxygen atoms in total. The highest BCUT2D eigenvalue weighted by atomic mass is 15.1. The first-order chi connectivity index (χ1) is 27.6. The van der Waals surface area contributed by atoms with Crippen LogP contribution in [-0.2, 0) is 0 Å². The summed E-state index contributed by atoms with van der Waals surface area (Å²) in [5.41, 5.74) is 12.9. The number of nitriles is 3. The molecule has 258 valence electrons. The van der Waals surface area contributed by atoms with Crippen molar-refractivity contribution in [3.05, 3.63) is 187 Å². The zero-order valence-electron chi connectivity index (χ0n) is 29.8. The predicted octanol–water partition coefficient (Wildman–Crippen LogP) is 11.9. The van der Waals surface area contributed by atoms with Crippen LogP contribution in [0.4, 0.5) is 0 Å². The smallest absolute Gasteiger partial charge is 0.138 e. The maximum absolute atomic E-state index is 9.69. The molecule has 0 aliphatic rings. The topological polar surface area (TPSA) is 94.1 Å². The molecule has 6 heteroatoms. The second-order valence-corrected chi connectivity index (χ2v) is 13.8. The second kappa shape index (κ2) is 13.0. The Kier molecular flexibility index (Phi) is 7.53. The van der Waals surface area contributed by atoms with E-state index in [0.717, 1.165) is 88.5 Å². The molecule has 7 aromatic carbocycles. The molecule has 10 aromatic rings. The number of para-hydroxylation sites is 2. The summed E-state index contributed by atoms with van der Waals surface area (Å²) in [5.74, 6) is 0.760. The van der Waals surface area contributed by atoms with Crippen molar-refractivity contribution in [3.63, 3.8) is 0 Å². The summed E-state index contributed by atoms with van der Waals surface area (Å²) in [5, 5.41) is 33.0. The van der Waals surface area contributed by atoms with Gasteiger partial charge in [-0.2, -0.15) is 15.8 Å². The molecular weight excluding hydrogens is 685 g/mol. The number of fused-ring (bicyclic) bond motifs is 6. The largest absolute Gasteiger partial charge is 0.307 e. The van der Waals surface area contributed by atoms with Crippen molar-refractivity contribution in [2.75, 3.05) is 0 Å². The molecule has 3 aromatic heterocycles. The van der Waals surface area contributed by atoms with Gasteiger partial charge in [0.05, 0.1) is 68.8 Å². The number of benzene rings is 7. The van der Waals surface area contributed by atoms with Crippen LogP contribution in [-0.4, -0.2) is 14.1 Å². The summed E-state index contributed by atoms with van der Waals surface area (Å²) in [6.07, 6.45) is 1.97. The average molecular weight is 713 g/mol. The van der Waals surface area contributed by atoms with Crippen molar-refractivity contribution in [2.24, 2.45) is 0 Å². The molecule has 0 unspecified atom stereocenters. The van der Waals surface area contributed by atoms with Gasteiger partial charge in [-0.05, 0) is 94.5 Å². The van der Waals surface area contributed by atoms with E-state index in [1.54, 1.807) is 0 Å². The molecule has 3 heterocycles. The van der Waals surface area contributed by atoms with Gasteiger partial charge in [0.15, 0.2) is 0 Å². The van der Waals surface area contributed by atoms with Gasteiger partial charge < -0.3 is 4.57 Å². The Morgan fingerprint density at radius 1 is 0.375 bits per heavy atom. The third kappa shape index (κ3) is 5.20. The molecule has 0 saturated carbocycles. The first-order valence-electron chi connectivity index (χ1n) is 18.2. The Balaban J connectivity index is 1.24. The minimum Gasteiger partial charge on any atom is -0.307 e. The number of nitrogens with zero attached hydrogens (tertiary/aromatic N) is 6. The Bertz CT molecular complexity index is 3310. The molecule has 56 heavy (non-hydrogen) atoms. The van der Waals surface area contributed by atoms with Crippen LogP contribution in [0, 0.1) is 34.0 Å². The van der Waals surface area contributed by atoms with E-state index in [4.69, 9.17) is 4.98 Å². The van der Waals surface area contributed by atoms with Gasteiger partial charge in [-0.1, -0.05) is 97.1 Å². The predicted molar refractivity (Wildman–Crippen MR) is 223 cm³/mol. The number of rotatable bonds is 5. The Morgan fingerprint density at radius 3 is 1.29 bits per heavy atom. The lowest BCUT2D eigenvalue weighted by Gasteiger charge is -2.17. The van der Waals surface area contributed by atoms with Gasteiger partial charge in [0, 0.05) is 27.1 Å². The first-order valence-corrected chi connectivity index (χ1v) is 18.2. The SMILES string of the molecule is N#Cc1ccc(-c2ccc3c4ccccc4n(-c4cc(-c5ccc(C#N)cc5)c(-n5c6ccccc6c6ccc(-c7ccc(C#N)cc7)cc65)cn4)c3c2)cc1. The van der Waals surface area contributed by atoms with E-state index >= 15 is 0 Å². The quantitative estimate of drug-likeness (QED) is 0.177. The van der Waals surface area contributed by atoms with Crippen LogP contribution < -0.4 is 0 Å². The zero-order chi connectivity index (χ0) is 37.8. The lowest BCUT2D eigenvalue weighted by molar-refractivity contribution is 1.06. The van der Waals surface area contributed by atoms with Crippen LogP contribution in [0.3, 0.4) is 0 Å². The van der Waals surface area contributed by atoms with Crippen molar-refractivity contribution in [1.82, 2.24) is 14.1 Å². The van der Waals surface area contributed by atoms with Crippen LogP contribution in [0.15, 0.2) is 170 Å². The number of aromatic nitrogens is 3. The minimum absolute atomic E-state index is 0.589. The molecule has 0 saturated heterocycles. The van der Waals surface area contributed by atoms with Gasteiger partial charge in [0.1, 0.15) is 5.82 Å². The fourth-order valence-electron chi connectivity index (χ4n) is 7.97. The van der Waals surface area contributed by atoms with Crippen molar-refractivity contribution >= 4 is 43.6 Å². The Labute approximate surface area is 322 Å². The first kappa shape index (κ1) is 32.4. The molecule has 0 amide bonds. The molecule has 0 radical (unpaired) electrons. The number of hydrogen-bond acceptors (Lipinski definition) is 4. The molecular formula is C50H28N6. The third-order valence-electron chi connectivity index (χ3n) is 10.7. The average Bonchev–Trinajstić information content (AvgIpc) is 3.78. The lowest BCUT2D eigenvalue weighted by atomic mass is 10.0. The van der Waals surface area contributed by atoms with Gasteiger partial charge in [0.25, 0.3) is 0 Å². The van der Waals surface area contributed by atoms with Crippen LogP contribution in [0.25, 0.3) is 88.5 Å². The fourth-order valence-corrected chi connectivity index (χ4v) is 7.97. The van der Waals surface area contributed by atoms with Crippen molar-refractivity contribution < 1.29 is 0 Å². The van der Waals surface area contributed by atoms with Crippen molar-refractivity contribution in [3.8, 4) is 63.1 Å². The van der Waals surface area contributed by atoms with E-state index in [1.807, 2.05) is 79.0 Å². The van der Waals surface area contributed by atoms with Crippen molar-refractivity contribution in [1.29, 1.82) is 15.8 Å². The van der Waals surface area contributed by atoms with E-state index in [-0.39, 0.29) is 0 Å². The van der Waals surface area contributed by atoms with Gasteiger partial charge in [-0.15, -0.1) is 0 Å². The highest BCUT2D eigenvalue weighted by molar-refractivity contribution is 6.12. The second-order valence-electron chi connectivity index (χ2n) is 13.8. The molecule has 0 N–H and O–H groups in total. The van der Waals surface area contributed by atoms with Crippen LogP contribution in [0.1, 0.15) is 16.7 Å². The fraction of sp³-hybridized carbons (Fsp3) is 0. The molecule has 0 atom stereocenters. The van der Waals surface area contributed by atoms with Crippen LogP contribution in [0.2, 0.25) is 0 Å². The van der Waals surface area contributed by atoms with Gasteiger partial charge in [-0.25, -0.2) is 4.98 Å². The van der Waals surface area contributed by atoms with Crippen LogP contribution in [0.5, 0.6) is 0 Å². The zero-order valence-corrected chi connectivity index (χ0v) is 29.8. The van der Waals surface area contributed by atoms with Crippen LogP contribution >= 0.6 is 0 Å². The summed E-state index contributed by atoms with van der Waals surface area (Å²) >= 11 is 0. The van der Waals surface area contributed by atoms with Gasteiger partial charge >= 0.3 is 0 Å². The van der Waals surface area contributed by atoms with E-state index in [0.29, 0.717) is 16.7 Å². The summed E-state index contributed by atoms with van der Waals surface area (Å²) in [6, 6.07) is 61.8. The Hall–Kier alpha value is -8.24. The standard InChI is InChI=1S/C50H28N6/c51-28-32-9-15-35(16-10-32)38-21-23-42-40-5-1-3-7-45(40)55(47(42)25-38)49-31-54-50(27-44(49)37-19-13-34(30-53)14-20-37)56-46-8-4-2-6-41(46)43-24-22-39(26-48(43)56)36-17-11-33(29-52)12-18-36/h1-27,31H. The maximum atomic E-state index is 9.69. The Morgan fingerprint density at radius 2 is 0.786 bits per heavy atom. The highest BCUT2D eigenvalue weighted by Gasteiger charge is 2.20. The summed E-state index contributed by atoms with van der Waals surface area (Å²) in [6.45, 7) is 0. The summed E-state index contributed by atoms with van der Waals surface area (Å²) in [7, 11) is 0. The number of hydrogen-bond donors (Lipinski definition) is 0. The van der Waals surface area contributed by atoms with E-state index in [9.17, 15) is 15.8 Å². The summed E-state index contributed by atoms with van der Waals surface area (Å²) < 4.78 is 4.51. The van der Waals surface area contributed by atoms with E-state index in [2.05, 4.69) is 118 Å². The van der Waals surface area contributed by atoms with E-state index in [1.165, 1.54) is 0 Å². The minimum atomic E-state index is 0.589. The molecule has 0 aliphatic heterocycles. The van der Waals surface area contributed by atoms with Crippen molar-refractivity contribution in [2.45, 2.75) is 0 Å². The van der Waals surface area contributed by atoms with Gasteiger partial charge in [0.2, 0.25) is 0 Å². The third-order valence-corrected chi connectivity index (χ3v) is 10.7. The monoisotopic (exact) mass is 712 g/mol. The molecule has 0 fully saturated rings.